The van der Waals surface area contributed by atoms with Crippen molar-refractivity contribution in [2.75, 3.05) is 13.2 Å². The predicted molar refractivity (Wildman–Crippen MR) is 166 cm³/mol. The first-order valence-corrected chi connectivity index (χ1v) is 14.9. The highest BCUT2D eigenvalue weighted by molar-refractivity contribution is 5.96. The molecule has 2 atom stereocenters. The summed E-state index contributed by atoms with van der Waals surface area (Å²) in [6.45, 7) is 5.29. The molecule has 1 aromatic carbocycles. The fourth-order valence-corrected chi connectivity index (χ4v) is 5.67. The van der Waals surface area contributed by atoms with E-state index in [0.717, 1.165) is 103 Å². The number of hydrogen-bond acceptors (Lipinski definition) is 7. The Kier molecular flexibility index (Phi) is 8.53. The predicted octanol–water partition coefficient (Wildman–Crippen LogP) is 7.18. The van der Waals surface area contributed by atoms with Crippen molar-refractivity contribution >= 4 is 11.4 Å². The highest BCUT2D eigenvalue weighted by Crippen LogP contribution is 2.33. The fraction of sp³-hybridized carbons (Fsp3) is 0.353. The van der Waals surface area contributed by atoms with Crippen LogP contribution in [0.5, 0.6) is 0 Å². The first-order valence-electron chi connectivity index (χ1n) is 14.9. The molecule has 0 saturated carbocycles. The van der Waals surface area contributed by atoms with Gasteiger partial charge in [0.2, 0.25) is 0 Å². The van der Waals surface area contributed by atoms with Crippen LogP contribution < -0.4 is 5.32 Å². The molecule has 0 aliphatic carbocycles. The van der Waals surface area contributed by atoms with Crippen LogP contribution in [0.15, 0.2) is 72.8 Å². The second-order valence-corrected chi connectivity index (χ2v) is 11.0. The maximum Gasteiger partial charge on any atom is 0.150 e. The van der Waals surface area contributed by atoms with E-state index in [1.807, 2.05) is 60.1 Å². The molecule has 0 radical (unpaired) electrons. The Morgan fingerprint density at radius 1 is 0.857 bits per heavy atom. The molecule has 2 saturated heterocycles. The molecule has 8 nitrogen and oxygen atoms in total. The zero-order chi connectivity index (χ0) is 28.9. The Morgan fingerprint density at radius 2 is 1.55 bits per heavy atom. The summed E-state index contributed by atoms with van der Waals surface area (Å²) >= 11 is 0. The topological polar surface area (TPSA) is 97.9 Å². The molecule has 0 bridgehead atoms. The molecule has 42 heavy (non-hydrogen) atoms. The Labute approximate surface area is 247 Å². The lowest BCUT2D eigenvalue weighted by Gasteiger charge is -2.26. The number of benzene rings is 1. The summed E-state index contributed by atoms with van der Waals surface area (Å²) in [6.07, 6.45) is 7.99. The van der Waals surface area contributed by atoms with Gasteiger partial charge in [0.15, 0.2) is 6.23 Å². The van der Waals surface area contributed by atoms with Crippen molar-refractivity contribution in [3.63, 3.8) is 0 Å². The average Bonchev–Trinajstić information content (AvgIpc) is 3.43. The third kappa shape index (κ3) is 6.35. The molecule has 2 unspecified atom stereocenters. The zero-order valence-electron chi connectivity index (χ0n) is 24.3. The lowest BCUT2D eigenvalue weighted by Crippen LogP contribution is -2.34. The van der Waals surface area contributed by atoms with Gasteiger partial charge in [-0.15, -0.1) is 0 Å². The number of nitrogens with zero attached hydrogens (tertiary/aromatic N) is 4. The summed E-state index contributed by atoms with van der Waals surface area (Å²) in [5.41, 5.74) is 8.49. The van der Waals surface area contributed by atoms with Crippen LogP contribution in [0, 0.1) is 12.3 Å². The van der Waals surface area contributed by atoms with Crippen molar-refractivity contribution in [2.24, 2.45) is 0 Å². The largest absolute Gasteiger partial charge is 0.359 e. The van der Waals surface area contributed by atoms with Crippen molar-refractivity contribution in [3.05, 3.63) is 84.2 Å². The van der Waals surface area contributed by atoms with E-state index in [2.05, 4.69) is 29.6 Å². The average molecular weight is 563 g/mol. The normalized spacial score (nSPS) is 19.4. The molecule has 5 heterocycles. The van der Waals surface area contributed by atoms with Gasteiger partial charge in [0, 0.05) is 30.1 Å². The molecule has 2 fully saturated rings. The van der Waals surface area contributed by atoms with E-state index in [1.54, 1.807) is 6.92 Å². The van der Waals surface area contributed by atoms with Crippen LogP contribution in [0.3, 0.4) is 0 Å². The van der Waals surface area contributed by atoms with E-state index in [9.17, 15) is 0 Å². The van der Waals surface area contributed by atoms with Crippen molar-refractivity contribution in [2.45, 2.75) is 64.8 Å². The molecule has 0 amide bonds. The lowest BCUT2D eigenvalue weighted by atomic mass is 10.00. The maximum absolute atomic E-state index is 8.12. The van der Waals surface area contributed by atoms with E-state index in [0.29, 0.717) is 5.71 Å². The number of allylic oxidation sites excluding steroid dienone is 1. The smallest absolute Gasteiger partial charge is 0.150 e. The number of nitrogens with one attached hydrogen (secondary N) is 2. The highest BCUT2D eigenvalue weighted by Gasteiger charge is 2.22. The van der Waals surface area contributed by atoms with Gasteiger partial charge in [-0.1, -0.05) is 36.4 Å². The molecule has 2 aliphatic rings. The fourth-order valence-electron chi connectivity index (χ4n) is 5.67. The van der Waals surface area contributed by atoms with Gasteiger partial charge in [0.25, 0.3) is 0 Å². The molecule has 3 aromatic heterocycles. The van der Waals surface area contributed by atoms with Gasteiger partial charge in [-0.05, 0) is 88.8 Å². The van der Waals surface area contributed by atoms with E-state index >= 15 is 0 Å². The van der Waals surface area contributed by atoms with E-state index in [1.165, 1.54) is 0 Å². The third-order valence-electron chi connectivity index (χ3n) is 7.66. The number of pyridine rings is 2. The molecular formula is C34H38N6O2. The van der Waals surface area contributed by atoms with Gasteiger partial charge in [-0.2, -0.15) is 5.10 Å². The van der Waals surface area contributed by atoms with Gasteiger partial charge in [-0.25, -0.2) is 14.6 Å². The van der Waals surface area contributed by atoms with E-state index in [4.69, 9.17) is 29.9 Å². The van der Waals surface area contributed by atoms with Gasteiger partial charge in [0.1, 0.15) is 6.23 Å². The van der Waals surface area contributed by atoms with Crippen LogP contribution in [0.2, 0.25) is 0 Å². The second kappa shape index (κ2) is 12.8. The Balaban J connectivity index is 1.35. The van der Waals surface area contributed by atoms with Crippen molar-refractivity contribution < 1.29 is 9.47 Å². The molecule has 2 N–H and O–H groups in total. The maximum atomic E-state index is 8.12. The standard InChI is InChI=1S/C34H38N6O2/c1-23(35)21-31(38-33-17-5-7-19-41-33)29-15-9-13-27(36-29)25-11-3-4-12-26(25)28-14-10-16-30(37-28)32-22-24(2)39-40(32)34-18-6-8-20-42-34/h3-4,9-16,21-22,33-35,38H,5-8,17-20H2,1-2H3/b31-21-,35-23?. The van der Waals surface area contributed by atoms with Crippen LogP contribution >= 0.6 is 0 Å². The quantitative estimate of drug-likeness (QED) is 0.221. The molecule has 0 spiro atoms. The number of ether oxygens (including phenoxy) is 2. The van der Waals surface area contributed by atoms with Crippen LogP contribution in [0.1, 0.15) is 63.1 Å². The summed E-state index contributed by atoms with van der Waals surface area (Å²) in [6, 6.07) is 22.5. The molecule has 8 heteroatoms. The Morgan fingerprint density at radius 3 is 2.24 bits per heavy atom. The summed E-state index contributed by atoms with van der Waals surface area (Å²) in [5.74, 6) is 0. The summed E-state index contributed by atoms with van der Waals surface area (Å²) in [5, 5.41) is 16.4. The van der Waals surface area contributed by atoms with Gasteiger partial charge in [0.05, 0.1) is 39.9 Å². The Bertz CT molecular complexity index is 1580. The molecular weight excluding hydrogens is 524 g/mol. The Hall–Kier alpha value is -4.14. The number of aromatic nitrogens is 4. The number of hydrogen-bond donors (Lipinski definition) is 2. The highest BCUT2D eigenvalue weighted by atomic mass is 16.5. The van der Waals surface area contributed by atoms with E-state index in [-0.39, 0.29) is 12.5 Å². The van der Waals surface area contributed by atoms with Crippen LogP contribution in [0.4, 0.5) is 0 Å². The van der Waals surface area contributed by atoms with E-state index < -0.39 is 0 Å². The van der Waals surface area contributed by atoms with Gasteiger partial charge in [-0.3, -0.25) is 0 Å². The molecule has 2 aliphatic heterocycles. The first kappa shape index (κ1) is 28.0. The monoisotopic (exact) mass is 562 g/mol. The van der Waals surface area contributed by atoms with Crippen LogP contribution in [-0.4, -0.2) is 44.9 Å². The minimum absolute atomic E-state index is 0.0633. The van der Waals surface area contributed by atoms with Gasteiger partial charge < -0.3 is 20.2 Å². The van der Waals surface area contributed by atoms with Crippen molar-refractivity contribution in [3.8, 4) is 33.9 Å². The van der Waals surface area contributed by atoms with Crippen LogP contribution in [0.25, 0.3) is 39.6 Å². The van der Waals surface area contributed by atoms with Crippen molar-refractivity contribution in [1.82, 2.24) is 25.1 Å². The van der Waals surface area contributed by atoms with Crippen molar-refractivity contribution in [1.29, 1.82) is 5.41 Å². The second-order valence-electron chi connectivity index (χ2n) is 11.0. The molecule has 216 valence electrons. The lowest BCUT2D eigenvalue weighted by molar-refractivity contribution is -0.0385. The summed E-state index contributed by atoms with van der Waals surface area (Å²) < 4.78 is 14.0. The number of aryl methyl sites for hydroxylation is 1. The number of rotatable bonds is 8. The van der Waals surface area contributed by atoms with Crippen LogP contribution in [-0.2, 0) is 9.47 Å². The molecule has 6 rings (SSSR count). The third-order valence-corrected chi connectivity index (χ3v) is 7.66. The molecule has 4 aromatic rings. The zero-order valence-corrected chi connectivity index (χ0v) is 24.3. The minimum Gasteiger partial charge on any atom is -0.359 e. The minimum atomic E-state index is -0.0786. The summed E-state index contributed by atoms with van der Waals surface area (Å²) in [4.78, 5) is 10.2. The van der Waals surface area contributed by atoms with Gasteiger partial charge >= 0.3 is 0 Å². The first-order chi connectivity index (χ1) is 20.5. The SMILES string of the molecule is CC(=N)/C=C(\NC1CCCCO1)c1cccc(-c2ccccc2-c2cccc(-c3cc(C)nn3C3CCCCO3)n2)n1. The summed E-state index contributed by atoms with van der Waals surface area (Å²) in [7, 11) is 0.